The monoisotopic (exact) mass is 256 g/mol. The van der Waals surface area contributed by atoms with E-state index in [1.165, 1.54) is 0 Å². The van der Waals surface area contributed by atoms with E-state index in [4.69, 9.17) is 22.1 Å². The van der Waals surface area contributed by atoms with Gasteiger partial charge in [-0.2, -0.15) is 0 Å². The molecule has 1 rings (SSSR count). The van der Waals surface area contributed by atoms with Gasteiger partial charge in [0.15, 0.2) is 0 Å². The number of rotatable bonds is 2. The number of hydrogen-bond acceptors (Lipinski definition) is 3. The van der Waals surface area contributed by atoms with Crippen molar-refractivity contribution in [1.29, 1.82) is 0 Å². The molecule has 3 N–H and O–H groups in total. The third kappa shape index (κ3) is 4.53. The van der Waals surface area contributed by atoms with Crippen molar-refractivity contribution in [1.82, 2.24) is 5.32 Å². The number of nitrogens with two attached hydrogens (primary N) is 1. The molecular weight excluding hydrogens is 240 g/mol. The van der Waals surface area contributed by atoms with Crippen molar-refractivity contribution < 1.29 is 9.53 Å². The van der Waals surface area contributed by atoms with Crippen molar-refractivity contribution in [3.8, 4) is 0 Å². The fourth-order valence-corrected chi connectivity index (χ4v) is 1.49. The zero-order valence-electron chi connectivity index (χ0n) is 10.2. The Labute approximate surface area is 106 Å². The van der Waals surface area contributed by atoms with E-state index in [1.54, 1.807) is 39.0 Å². The Morgan fingerprint density at radius 3 is 2.65 bits per heavy atom. The Morgan fingerprint density at radius 2 is 2.12 bits per heavy atom. The van der Waals surface area contributed by atoms with Crippen molar-refractivity contribution in [2.24, 2.45) is 0 Å². The van der Waals surface area contributed by atoms with E-state index in [2.05, 4.69) is 5.32 Å². The van der Waals surface area contributed by atoms with Crippen LogP contribution in [0.1, 0.15) is 26.3 Å². The van der Waals surface area contributed by atoms with Gasteiger partial charge in [0.25, 0.3) is 0 Å². The number of ether oxygens (including phenoxy) is 1. The molecule has 0 unspecified atom stereocenters. The maximum Gasteiger partial charge on any atom is 0.407 e. The second-order valence-corrected chi connectivity index (χ2v) is 5.07. The third-order valence-electron chi connectivity index (χ3n) is 1.96. The topological polar surface area (TPSA) is 64.3 Å². The number of anilines is 1. The molecule has 1 amide bonds. The number of nitrogens with one attached hydrogen (secondary N) is 1. The van der Waals surface area contributed by atoms with Gasteiger partial charge in [0.1, 0.15) is 5.60 Å². The Bertz CT molecular complexity index is 393. The number of benzene rings is 1. The van der Waals surface area contributed by atoms with Gasteiger partial charge in [0.05, 0.1) is 0 Å². The van der Waals surface area contributed by atoms with Crippen molar-refractivity contribution >= 4 is 23.4 Å². The molecule has 17 heavy (non-hydrogen) atoms. The fourth-order valence-electron chi connectivity index (χ4n) is 1.24. The average molecular weight is 257 g/mol. The number of nitrogen functional groups attached to an aromatic ring is 1. The molecule has 0 fully saturated rings. The van der Waals surface area contributed by atoms with Crippen LogP contribution in [0.2, 0.25) is 5.02 Å². The van der Waals surface area contributed by atoms with Crippen LogP contribution in [-0.4, -0.2) is 11.7 Å². The predicted octanol–water partition coefficient (Wildman–Crippen LogP) is 2.95. The molecule has 0 aromatic heterocycles. The van der Waals surface area contributed by atoms with Gasteiger partial charge in [-0.15, -0.1) is 0 Å². The second-order valence-electron chi connectivity index (χ2n) is 4.66. The summed E-state index contributed by atoms with van der Waals surface area (Å²) in [6, 6.07) is 5.22. The first-order valence-corrected chi connectivity index (χ1v) is 5.67. The standard InChI is InChI=1S/C12H17ClN2O2/c1-12(2,3)17-11(16)15-7-8-9(13)5-4-6-10(8)14/h4-6H,7,14H2,1-3H3,(H,15,16). The van der Waals surface area contributed by atoms with E-state index in [9.17, 15) is 4.79 Å². The van der Waals surface area contributed by atoms with E-state index >= 15 is 0 Å². The molecule has 0 saturated heterocycles. The zero-order valence-corrected chi connectivity index (χ0v) is 11.0. The molecule has 1 aromatic carbocycles. The largest absolute Gasteiger partial charge is 0.444 e. The van der Waals surface area contributed by atoms with Gasteiger partial charge < -0.3 is 15.8 Å². The molecular formula is C12H17ClN2O2. The number of carbonyl (C=O) groups is 1. The Kier molecular flexibility index (Phi) is 4.23. The molecule has 0 bridgehead atoms. The minimum Gasteiger partial charge on any atom is -0.444 e. The van der Waals surface area contributed by atoms with E-state index < -0.39 is 11.7 Å². The van der Waals surface area contributed by atoms with Crippen molar-refractivity contribution in [2.75, 3.05) is 5.73 Å². The van der Waals surface area contributed by atoms with Crippen LogP contribution in [0.5, 0.6) is 0 Å². The Hall–Kier alpha value is -1.42. The quantitative estimate of drug-likeness (QED) is 0.800. The summed E-state index contributed by atoms with van der Waals surface area (Å²) in [4.78, 5) is 11.4. The molecule has 0 spiro atoms. The molecule has 0 aliphatic heterocycles. The maximum absolute atomic E-state index is 11.4. The molecule has 94 valence electrons. The molecule has 0 atom stereocenters. The normalized spacial score (nSPS) is 11.1. The first-order chi connectivity index (χ1) is 7.79. The van der Waals surface area contributed by atoms with E-state index in [-0.39, 0.29) is 6.54 Å². The van der Waals surface area contributed by atoms with E-state index in [0.717, 1.165) is 0 Å². The minimum absolute atomic E-state index is 0.250. The Balaban J connectivity index is 2.59. The number of amides is 1. The van der Waals surface area contributed by atoms with Crippen LogP contribution in [0.3, 0.4) is 0 Å². The molecule has 0 radical (unpaired) electrons. The number of alkyl carbamates (subject to hydrolysis) is 1. The van der Waals surface area contributed by atoms with Crippen LogP contribution in [0.4, 0.5) is 10.5 Å². The zero-order chi connectivity index (χ0) is 13.1. The van der Waals surface area contributed by atoms with Crippen LogP contribution in [0, 0.1) is 0 Å². The van der Waals surface area contributed by atoms with Crippen molar-refractivity contribution in [2.45, 2.75) is 32.9 Å². The van der Waals surface area contributed by atoms with Gasteiger partial charge in [0, 0.05) is 22.8 Å². The molecule has 0 aliphatic carbocycles. The highest BCUT2D eigenvalue weighted by Crippen LogP contribution is 2.21. The van der Waals surface area contributed by atoms with Crippen LogP contribution in [0.15, 0.2) is 18.2 Å². The Morgan fingerprint density at radius 1 is 1.47 bits per heavy atom. The van der Waals surface area contributed by atoms with Gasteiger partial charge in [0.2, 0.25) is 0 Å². The molecule has 1 aromatic rings. The first kappa shape index (κ1) is 13.6. The summed E-state index contributed by atoms with van der Waals surface area (Å²) in [5.74, 6) is 0. The molecule has 0 aliphatic rings. The van der Waals surface area contributed by atoms with Crippen LogP contribution >= 0.6 is 11.6 Å². The summed E-state index contributed by atoms with van der Waals surface area (Å²) in [7, 11) is 0. The predicted molar refractivity (Wildman–Crippen MR) is 68.9 cm³/mol. The number of carbonyl (C=O) groups excluding carboxylic acids is 1. The van der Waals surface area contributed by atoms with E-state index in [0.29, 0.717) is 16.3 Å². The minimum atomic E-state index is -0.518. The van der Waals surface area contributed by atoms with Gasteiger partial charge in [-0.1, -0.05) is 17.7 Å². The second kappa shape index (κ2) is 5.27. The van der Waals surface area contributed by atoms with Gasteiger partial charge >= 0.3 is 6.09 Å². The molecule has 4 nitrogen and oxygen atoms in total. The van der Waals surface area contributed by atoms with Crippen molar-refractivity contribution in [3.05, 3.63) is 28.8 Å². The maximum atomic E-state index is 11.4. The number of hydrogen-bond donors (Lipinski definition) is 2. The summed E-state index contributed by atoms with van der Waals surface area (Å²) in [5.41, 5.74) is 6.48. The summed E-state index contributed by atoms with van der Waals surface area (Å²) < 4.78 is 5.11. The van der Waals surface area contributed by atoms with E-state index in [1.807, 2.05) is 0 Å². The lowest BCUT2D eigenvalue weighted by molar-refractivity contribution is 0.0524. The van der Waals surface area contributed by atoms with Gasteiger partial charge in [-0.3, -0.25) is 0 Å². The van der Waals surface area contributed by atoms with Gasteiger partial charge in [-0.25, -0.2) is 4.79 Å². The fraction of sp³-hybridized carbons (Fsp3) is 0.417. The lowest BCUT2D eigenvalue weighted by Gasteiger charge is -2.20. The van der Waals surface area contributed by atoms with Gasteiger partial charge in [-0.05, 0) is 32.9 Å². The van der Waals surface area contributed by atoms with Crippen molar-refractivity contribution in [3.63, 3.8) is 0 Å². The highest BCUT2D eigenvalue weighted by Gasteiger charge is 2.16. The van der Waals surface area contributed by atoms with Crippen LogP contribution < -0.4 is 11.1 Å². The molecule has 0 saturated carbocycles. The van der Waals surface area contributed by atoms with Crippen LogP contribution in [0.25, 0.3) is 0 Å². The summed E-state index contributed by atoms with van der Waals surface area (Å²) in [6.45, 7) is 5.66. The SMILES string of the molecule is CC(C)(C)OC(=O)NCc1c(N)cccc1Cl. The summed E-state index contributed by atoms with van der Waals surface area (Å²) in [6.07, 6.45) is -0.489. The smallest absolute Gasteiger partial charge is 0.407 e. The summed E-state index contributed by atoms with van der Waals surface area (Å²) >= 11 is 5.97. The lowest BCUT2D eigenvalue weighted by Crippen LogP contribution is -2.32. The molecule has 5 heteroatoms. The highest BCUT2D eigenvalue weighted by atomic mass is 35.5. The highest BCUT2D eigenvalue weighted by molar-refractivity contribution is 6.31. The first-order valence-electron chi connectivity index (χ1n) is 5.29. The summed E-state index contributed by atoms with van der Waals surface area (Å²) in [5, 5.41) is 3.14. The lowest BCUT2D eigenvalue weighted by atomic mass is 10.2. The van der Waals surface area contributed by atoms with Crippen LogP contribution in [-0.2, 0) is 11.3 Å². The molecule has 0 heterocycles. The average Bonchev–Trinajstić information content (AvgIpc) is 2.14. The third-order valence-corrected chi connectivity index (χ3v) is 2.32. The number of halogens is 1.